The van der Waals surface area contributed by atoms with Crippen LogP contribution in [0.4, 0.5) is 0 Å². The Hall–Kier alpha value is -1.06. The lowest BCUT2D eigenvalue weighted by Crippen LogP contribution is -2.42. The van der Waals surface area contributed by atoms with Crippen molar-refractivity contribution in [3.8, 4) is 0 Å². The molecule has 1 atom stereocenters. The van der Waals surface area contributed by atoms with Crippen LogP contribution in [0.5, 0.6) is 0 Å². The van der Waals surface area contributed by atoms with Crippen LogP contribution < -0.4 is 0 Å². The fourth-order valence-electron chi connectivity index (χ4n) is 2.24. The van der Waals surface area contributed by atoms with E-state index >= 15 is 0 Å². The van der Waals surface area contributed by atoms with E-state index < -0.39 is 0 Å². The second-order valence-corrected chi connectivity index (χ2v) is 5.20. The summed E-state index contributed by atoms with van der Waals surface area (Å²) in [6, 6.07) is 7.57. The van der Waals surface area contributed by atoms with Gasteiger partial charge in [0.15, 0.2) is 0 Å². The Morgan fingerprint density at radius 3 is 2.78 bits per heavy atom. The molecule has 2 rings (SSSR count). The highest BCUT2D eigenvalue weighted by molar-refractivity contribution is 6.30. The van der Waals surface area contributed by atoms with Gasteiger partial charge in [-0.1, -0.05) is 23.7 Å². The molecule has 0 saturated carbocycles. The molecule has 1 heterocycles. The van der Waals surface area contributed by atoms with Crippen molar-refractivity contribution in [2.75, 3.05) is 13.1 Å². The smallest absolute Gasteiger partial charge is 0.222 e. The molecular weight excluding hydrogens is 250 g/mol. The number of likely N-dealkylation sites (tertiary alicyclic amines) is 1. The average molecular weight is 268 g/mol. The Morgan fingerprint density at radius 1 is 1.39 bits per heavy atom. The van der Waals surface area contributed by atoms with Gasteiger partial charge < -0.3 is 10.0 Å². The van der Waals surface area contributed by atoms with Crippen LogP contribution in [0.1, 0.15) is 24.8 Å². The minimum absolute atomic E-state index is 0.128. The van der Waals surface area contributed by atoms with Crippen molar-refractivity contribution in [2.45, 2.75) is 31.8 Å². The summed E-state index contributed by atoms with van der Waals surface area (Å²) >= 11 is 5.81. The van der Waals surface area contributed by atoms with Gasteiger partial charge in [-0.25, -0.2) is 0 Å². The van der Waals surface area contributed by atoms with Crippen molar-refractivity contribution in [2.24, 2.45) is 0 Å². The van der Waals surface area contributed by atoms with Crippen LogP contribution in [0.15, 0.2) is 24.3 Å². The predicted octanol–water partition coefficient (Wildman–Crippen LogP) is 2.26. The molecule has 1 unspecified atom stereocenters. The molecule has 1 N–H and O–H groups in total. The summed E-state index contributed by atoms with van der Waals surface area (Å²) in [4.78, 5) is 13.7. The first kappa shape index (κ1) is 13.4. The fourth-order valence-corrected chi connectivity index (χ4v) is 2.37. The van der Waals surface area contributed by atoms with Crippen LogP contribution in [0.25, 0.3) is 0 Å². The molecule has 4 heteroatoms. The highest BCUT2D eigenvalue weighted by Gasteiger charge is 2.21. The standard InChI is InChI=1S/C14H18ClNO2/c15-12-6-3-11(4-7-12)5-8-14(18)16-9-1-2-13(17)10-16/h3-4,6-7,13,17H,1-2,5,8-10H2. The number of carbonyl (C=O) groups excluding carboxylic acids is 1. The normalized spacial score (nSPS) is 19.9. The molecule has 1 fully saturated rings. The van der Waals surface area contributed by atoms with E-state index in [0.717, 1.165) is 31.4 Å². The third kappa shape index (κ3) is 3.72. The van der Waals surface area contributed by atoms with Gasteiger partial charge in [0.1, 0.15) is 0 Å². The van der Waals surface area contributed by atoms with Gasteiger partial charge >= 0.3 is 0 Å². The van der Waals surface area contributed by atoms with Gasteiger partial charge in [-0.3, -0.25) is 4.79 Å². The molecule has 1 saturated heterocycles. The molecule has 1 aliphatic rings. The molecule has 0 aliphatic carbocycles. The monoisotopic (exact) mass is 267 g/mol. The molecule has 0 bridgehead atoms. The first-order chi connectivity index (χ1) is 8.65. The van der Waals surface area contributed by atoms with Crippen molar-refractivity contribution in [1.82, 2.24) is 4.90 Å². The number of aliphatic hydroxyl groups is 1. The largest absolute Gasteiger partial charge is 0.391 e. The topological polar surface area (TPSA) is 40.5 Å². The molecule has 1 amide bonds. The highest BCUT2D eigenvalue weighted by Crippen LogP contribution is 2.14. The second kappa shape index (κ2) is 6.21. The number of hydrogen-bond donors (Lipinski definition) is 1. The molecule has 1 aromatic carbocycles. The van der Waals surface area contributed by atoms with Gasteiger partial charge in [0.2, 0.25) is 5.91 Å². The van der Waals surface area contributed by atoms with Crippen LogP contribution in [-0.4, -0.2) is 35.1 Å². The first-order valence-corrected chi connectivity index (χ1v) is 6.73. The molecular formula is C14H18ClNO2. The zero-order chi connectivity index (χ0) is 13.0. The van der Waals surface area contributed by atoms with Gasteiger partial charge in [-0.15, -0.1) is 0 Å². The molecule has 98 valence electrons. The maximum Gasteiger partial charge on any atom is 0.222 e. The van der Waals surface area contributed by atoms with Crippen LogP contribution in [0, 0.1) is 0 Å². The van der Waals surface area contributed by atoms with E-state index in [1.807, 2.05) is 24.3 Å². The Morgan fingerprint density at radius 2 is 2.11 bits per heavy atom. The van der Waals surface area contributed by atoms with E-state index in [9.17, 15) is 9.90 Å². The Balaban J connectivity index is 1.82. The highest BCUT2D eigenvalue weighted by atomic mass is 35.5. The van der Waals surface area contributed by atoms with Crippen molar-refractivity contribution in [3.05, 3.63) is 34.9 Å². The molecule has 3 nitrogen and oxygen atoms in total. The first-order valence-electron chi connectivity index (χ1n) is 6.35. The number of β-amino-alcohol motifs (C(OH)–C–C–N with tert-alkyl or cyclic N) is 1. The maximum absolute atomic E-state index is 12.0. The van der Waals surface area contributed by atoms with E-state index in [2.05, 4.69) is 0 Å². The lowest BCUT2D eigenvalue weighted by Gasteiger charge is -2.30. The van der Waals surface area contributed by atoms with Crippen molar-refractivity contribution in [3.63, 3.8) is 0 Å². The van der Waals surface area contributed by atoms with E-state index in [4.69, 9.17) is 11.6 Å². The third-order valence-corrected chi connectivity index (χ3v) is 3.54. The summed E-state index contributed by atoms with van der Waals surface area (Å²) in [5.41, 5.74) is 1.12. The number of rotatable bonds is 3. The van der Waals surface area contributed by atoms with Gasteiger partial charge in [0.25, 0.3) is 0 Å². The quantitative estimate of drug-likeness (QED) is 0.913. The summed E-state index contributed by atoms with van der Waals surface area (Å²) in [5, 5.41) is 10.2. The Labute approximate surface area is 112 Å². The lowest BCUT2D eigenvalue weighted by atomic mass is 10.1. The number of benzene rings is 1. The number of piperidine rings is 1. The van der Waals surface area contributed by atoms with E-state index in [1.165, 1.54) is 0 Å². The van der Waals surface area contributed by atoms with Crippen LogP contribution >= 0.6 is 11.6 Å². The molecule has 0 aromatic heterocycles. The predicted molar refractivity (Wildman–Crippen MR) is 71.6 cm³/mol. The third-order valence-electron chi connectivity index (χ3n) is 3.29. The Bertz CT molecular complexity index is 405. The zero-order valence-electron chi connectivity index (χ0n) is 10.3. The SMILES string of the molecule is O=C(CCc1ccc(Cl)cc1)N1CCCC(O)C1. The number of amides is 1. The number of halogens is 1. The second-order valence-electron chi connectivity index (χ2n) is 4.76. The fraction of sp³-hybridized carbons (Fsp3) is 0.500. The summed E-state index contributed by atoms with van der Waals surface area (Å²) in [6.45, 7) is 1.26. The molecule has 1 aromatic rings. The molecule has 0 radical (unpaired) electrons. The Kier molecular flexibility index (Phi) is 4.61. The van der Waals surface area contributed by atoms with Crippen molar-refractivity contribution >= 4 is 17.5 Å². The number of hydrogen-bond acceptors (Lipinski definition) is 2. The van der Waals surface area contributed by atoms with Crippen LogP contribution in [-0.2, 0) is 11.2 Å². The van der Waals surface area contributed by atoms with Gasteiger partial charge in [-0.2, -0.15) is 0 Å². The summed E-state index contributed by atoms with van der Waals surface area (Å²) in [6.07, 6.45) is 2.57. The summed E-state index contributed by atoms with van der Waals surface area (Å²) < 4.78 is 0. The zero-order valence-corrected chi connectivity index (χ0v) is 11.1. The van der Waals surface area contributed by atoms with Gasteiger partial charge in [0.05, 0.1) is 6.10 Å². The van der Waals surface area contributed by atoms with E-state index in [-0.39, 0.29) is 12.0 Å². The van der Waals surface area contributed by atoms with Gasteiger partial charge in [-0.05, 0) is 37.0 Å². The van der Waals surface area contributed by atoms with Crippen molar-refractivity contribution in [1.29, 1.82) is 0 Å². The van der Waals surface area contributed by atoms with Gasteiger partial charge in [0, 0.05) is 24.5 Å². The van der Waals surface area contributed by atoms with Crippen LogP contribution in [0.3, 0.4) is 0 Å². The molecule has 0 spiro atoms. The van der Waals surface area contributed by atoms with E-state index in [1.54, 1.807) is 4.90 Å². The minimum Gasteiger partial charge on any atom is -0.391 e. The number of aryl methyl sites for hydroxylation is 1. The molecule has 18 heavy (non-hydrogen) atoms. The minimum atomic E-state index is -0.349. The number of nitrogens with zero attached hydrogens (tertiary/aromatic N) is 1. The van der Waals surface area contributed by atoms with Crippen molar-refractivity contribution < 1.29 is 9.90 Å². The van der Waals surface area contributed by atoms with E-state index in [0.29, 0.717) is 18.0 Å². The van der Waals surface area contributed by atoms with Crippen LogP contribution in [0.2, 0.25) is 5.02 Å². The number of carbonyl (C=O) groups is 1. The summed E-state index contributed by atoms with van der Waals surface area (Å²) in [7, 11) is 0. The maximum atomic E-state index is 12.0. The molecule has 1 aliphatic heterocycles. The summed E-state index contributed by atoms with van der Waals surface area (Å²) in [5.74, 6) is 0.128. The average Bonchev–Trinajstić information content (AvgIpc) is 2.38. The number of aliphatic hydroxyl groups excluding tert-OH is 1. The lowest BCUT2D eigenvalue weighted by molar-refractivity contribution is -0.134.